The van der Waals surface area contributed by atoms with E-state index in [1.165, 1.54) is 11.3 Å². The average Bonchev–Trinajstić information content (AvgIpc) is 2.92. The predicted octanol–water partition coefficient (Wildman–Crippen LogP) is 3.39. The summed E-state index contributed by atoms with van der Waals surface area (Å²) in [5, 5.41) is 3.36. The van der Waals surface area contributed by atoms with Crippen LogP contribution in [0.4, 0.5) is 5.69 Å². The van der Waals surface area contributed by atoms with Crippen LogP contribution in [0.25, 0.3) is 10.2 Å². The highest BCUT2D eigenvalue weighted by Crippen LogP contribution is 2.30. The van der Waals surface area contributed by atoms with Gasteiger partial charge < -0.3 is 19.9 Å². The smallest absolute Gasteiger partial charge is 0.266 e. The average molecular weight is 401 g/mol. The molecule has 0 saturated carbocycles. The van der Waals surface area contributed by atoms with Gasteiger partial charge in [-0.25, -0.2) is 4.98 Å². The maximum Gasteiger partial charge on any atom is 0.266 e. The number of rotatable bonds is 6. The Labute approximate surface area is 167 Å². The second kappa shape index (κ2) is 8.12. The molecule has 0 unspecified atom stereocenters. The molecule has 0 fully saturated rings. The molecule has 0 aliphatic rings. The molecular formula is C20H24N4O3S. The molecule has 2 aromatic heterocycles. The molecule has 0 aliphatic carbocycles. The monoisotopic (exact) mass is 400 g/mol. The summed E-state index contributed by atoms with van der Waals surface area (Å²) in [6, 6.07) is 7.29. The normalized spacial score (nSPS) is 11.4. The number of fused-ring (bicyclic) bond motifs is 1. The lowest BCUT2D eigenvalue weighted by Crippen LogP contribution is -2.18. The molecule has 0 spiro atoms. The van der Waals surface area contributed by atoms with Gasteiger partial charge >= 0.3 is 0 Å². The molecular weight excluding hydrogens is 376 g/mol. The van der Waals surface area contributed by atoms with E-state index in [0.29, 0.717) is 44.5 Å². The fourth-order valence-electron chi connectivity index (χ4n) is 2.89. The molecule has 148 valence electrons. The van der Waals surface area contributed by atoms with Crippen LogP contribution in [0.2, 0.25) is 0 Å². The van der Waals surface area contributed by atoms with E-state index in [1.807, 2.05) is 51.0 Å². The van der Waals surface area contributed by atoms with Gasteiger partial charge in [0.05, 0.1) is 28.6 Å². The second-order valence-corrected chi connectivity index (χ2v) is 8.10. The number of aryl methyl sites for hydroxylation is 1. The molecule has 7 nitrogen and oxygen atoms in total. The summed E-state index contributed by atoms with van der Waals surface area (Å²) < 4.78 is 5.76. The number of aromatic nitrogens is 2. The van der Waals surface area contributed by atoms with Crippen molar-refractivity contribution in [2.45, 2.75) is 33.4 Å². The van der Waals surface area contributed by atoms with Crippen molar-refractivity contribution in [2.75, 3.05) is 19.4 Å². The molecule has 0 radical (unpaired) electrons. The largest absolute Gasteiger partial charge is 0.489 e. The van der Waals surface area contributed by atoms with Crippen molar-refractivity contribution in [1.29, 1.82) is 0 Å². The predicted molar refractivity (Wildman–Crippen MR) is 113 cm³/mol. The summed E-state index contributed by atoms with van der Waals surface area (Å²) in [5.74, 6) is 0.897. The van der Waals surface area contributed by atoms with Crippen molar-refractivity contribution in [3.05, 3.63) is 50.9 Å². The number of hydrogen-bond donors (Lipinski definition) is 2. The van der Waals surface area contributed by atoms with Gasteiger partial charge in [-0.2, -0.15) is 0 Å². The Morgan fingerprint density at radius 3 is 2.71 bits per heavy atom. The molecule has 8 heteroatoms. The summed E-state index contributed by atoms with van der Waals surface area (Å²) in [4.78, 5) is 35.7. The van der Waals surface area contributed by atoms with Crippen molar-refractivity contribution < 1.29 is 9.53 Å². The van der Waals surface area contributed by atoms with E-state index in [1.54, 1.807) is 13.0 Å². The Morgan fingerprint density at radius 1 is 1.32 bits per heavy atom. The van der Waals surface area contributed by atoms with Crippen molar-refractivity contribution in [2.24, 2.45) is 0 Å². The minimum Gasteiger partial charge on any atom is -0.489 e. The first-order valence-corrected chi connectivity index (χ1v) is 9.82. The van der Waals surface area contributed by atoms with E-state index >= 15 is 0 Å². The van der Waals surface area contributed by atoms with Gasteiger partial charge in [0.1, 0.15) is 16.4 Å². The van der Waals surface area contributed by atoms with Gasteiger partial charge in [0.25, 0.3) is 11.5 Å². The molecule has 0 bridgehead atoms. The highest BCUT2D eigenvalue weighted by atomic mass is 32.1. The van der Waals surface area contributed by atoms with Crippen molar-refractivity contribution in [3.8, 4) is 5.75 Å². The molecule has 1 aromatic carbocycles. The number of H-pyrrole nitrogens is 1. The van der Waals surface area contributed by atoms with Crippen LogP contribution in [0, 0.1) is 6.92 Å². The minimum absolute atomic E-state index is 0.0120. The standard InChI is InChI=1S/C20H24N4O3S/c1-11(2)27-14-9-7-6-8-13(14)21-19(26)17-12(3)16-18(25)22-15(10-24(4)5)23-20(16)28-17/h6-9,11H,10H2,1-5H3,(H,21,26)(H,22,23,25). The van der Waals surface area contributed by atoms with Crippen LogP contribution in [0.1, 0.15) is 34.9 Å². The van der Waals surface area contributed by atoms with Crippen molar-refractivity contribution >= 4 is 33.1 Å². The first-order valence-electron chi connectivity index (χ1n) is 9.00. The number of hydrogen-bond acceptors (Lipinski definition) is 6. The SMILES string of the molecule is Cc1c(C(=O)Nc2ccccc2OC(C)C)sc2nc(CN(C)C)[nH]c(=O)c12. The summed E-state index contributed by atoms with van der Waals surface area (Å²) in [6.45, 7) is 6.15. The number of para-hydroxylation sites is 2. The van der Waals surface area contributed by atoms with Crippen LogP contribution in [0.15, 0.2) is 29.1 Å². The lowest BCUT2D eigenvalue weighted by atomic mass is 10.2. The molecule has 3 rings (SSSR count). The van der Waals surface area contributed by atoms with E-state index in [2.05, 4.69) is 15.3 Å². The Kier molecular flexibility index (Phi) is 5.81. The molecule has 3 aromatic rings. The number of anilines is 1. The third-order valence-corrected chi connectivity index (χ3v) is 5.20. The summed E-state index contributed by atoms with van der Waals surface area (Å²) in [7, 11) is 3.80. The van der Waals surface area contributed by atoms with Crippen molar-refractivity contribution in [3.63, 3.8) is 0 Å². The maximum absolute atomic E-state index is 12.9. The fourth-order valence-corrected chi connectivity index (χ4v) is 3.98. The summed E-state index contributed by atoms with van der Waals surface area (Å²) in [6.07, 6.45) is -0.0120. The van der Waals surface area contributed by atoms with Crippen molar-refractivity contribution in [1.82, 2.24) is 14.9 Å². The number of carbonyl (C=O) groups is 1. The van der Waals surface area contributed by atoms with Crippen LogP contribution in [0.5, 0.6) is 5.75 Å². The van der Waals surface area contributed by atoms with Gasteiger partial charge in [0, 0.05) is 0 Å². The first-order chi connectivity index (χ1) is 13.3. The van der Waals surface area contributed by atoms with Gasteiger partial charge in [0.15, 0.2) is 0 Å². The lowest BCUT2D eigenvalue weighted by molar-refractivity contribution is 0.102. The highest BCUT2D eigenvalue weighted by Gasteiger charge is 2.20. The van der Waals surface area contributed by atoms with Crippen LogP contribution >= 0.6 is 11.3 Å². The van der Waals surface area contributed by atoms with E-state index in [9.17, 15) is 9.59 Å². The van der Waals surface area contributed by atoms with E-state index in [0.717, 1.165) is 0 Å². The molecule has 0 atom stereocenters. The summed E-state index contributed by atoms with van der Waals surface area (Å²) in [5.41, 5.74) is 0.997. The topological polar surface area (TPSA) is 87.3 Å². The molecule has 0 aliphatic heterocycles. The number of amides is 1. The van der Waals surface area contributed by atoms with Crippen LogP contribution in [0.3, 0.4) is 0 Å². The Bertz CT molecular complexity index is 1070. The summed E-state index contributed by atoms with van der Waals surface area (Å²) >= 11 is 1.22. The number of thiophene rings is 1. The number of ether oxygens (including phenoxy) is 1. The van der Waals surface area contributed by atoms with Gasteiger partial charge in [-0.3, -0.25) is 9.59 Å². The number of carbonyl (C=O) groups excluding carboxylic acids is 1. The molecule has 2 N–H and O–H groups in total. The van der Waals surface area contributed by atoms with Gasteiger partial charge in [0.2, 0.25) is 0 Å². The zero-order valence-electron chi connectivity index (χ0n) is 16.6. The van der Waals surface area contributed by atoms with Gasteiger partial charge in [-0.05, 0) is 52.6 Å². The number of nitrogens with zero attached hydrogens (tertiary/aromatic N) is 2. The third-order valence-electron chi connectivity index (χ3n) is 4.02. The van der Waals surface area contributed by atoms with Crippen LogP contribution < -0.4 is 15.6 Å². The zero-order valence-corrected chi connectivity index (χ0v) is 17.4. The Morgan fingerprint density at radius 2 is 2.04 bits per heavy atom. The first kappa shape index (κ1) is 20.0. The number of nitrogens with one attached hydrogen (secondary N) is 2. The van der Waals surface area contributed by atoms with E-state index < -0.39 is 0 Å². The third kappa shape index (κ3) is 4.23. The molecule has 1 amide bonds. The second-order valence-electron chi connectivity index (χ2n) is 7.10. The van der Waals surface area contributed by atoms with Crippen LogP contribution in [-0.2, 0) is 6.54 Å². The van der Waals surface area contributed by atoms with E-state index in [4.69, 9.17) is 4.74 Å². The minimum atomic E-state index is -0.283. The lowest BCUT2D eigenvalue weighted by Gasteiger charge is -2.14. The number of benzene rings is 1. The number of aromatic amines is 1. The maximum atomic E-state index is 12.9. The van der Waals surface area contributed by atoms with Gasteiger partial charge in [-0.15, -0.1) is 11.3 Å². The Balaban J connectivity index is 1.96. The van der Waals surface area contributed by atoms with Gasteiger partial charge in [-0.1, -0.05) is 12.1 Å². The molecule has 0 saturated heterocycles. The fraction of sp³-hybridized carbons (Fsp3) is 0.350. The Hall–Kier alpha value is -2.71. The molecule has 2 heterocycles. The van der Waals surface area contributed by atoms with Crippen LogP contribution in [-0.4, -0.2) is 41.0 Å². The molecule has 28 heavy (non-hydrogen) atoms. The zero-order chi connectivity index (χ0) is 20.4. The quantitative estimate of drug-likeness (QED) is 0.662. The van der Waals surface area contributed by atoms with E-state index in [-0.39, 0.29) is 17.6 Å². The highest BCUT2D eigenvalue weighted by molar-refractivity contribution is 7.20.